The van der Waals surface area contributed by atoms with Gasteiger partial charge >= 0.3 is 6.03 Å². The van der Waals surface area contributed by atoms with E-state index >= 15 is 0 Å². The molecule has 0 radical (unpaired) electrons. The summed E-state index contributed by atoms with van der Waals surface area (Å²) in [5.41, 5.74) is 0.675. The summed E-state index contributed by atoms with van der Waals surface area (Å²) in [5, 5.41) is 9.21. The number of nitrogens with one attached hydrogen (secondary N) is 2. The van der Waals surface area contributed by atoms with Crippen LogP contribution in [0.25, 0.3) is 0 Å². The standard InChI is InChI=1S/C12H15N5O2/c1-17(7-11-13-8-14-16-11)12(18)15-9-4-3-5-10(6-9)19-2/h3-6,8H,7H2,1-2H3,(H,15,18)(H,13,14,16). The molecule has 1 heterocycles. The molecular formula is C12H15N5O2. The highest BCUT2D eigenvalue weighted by Crippen LogP contribution is 2.17. The first-order chi connectivity index (χ1) is 9.19. The highest BCUT2D eigenvalue weighted by Gasteiger charge is 2.10. The molecule has 2 aromatic rings. The molecule has 0 spiro atoms. The molecule has 7 heteroatoms. The Labute approximate surface area is 110 Å². The van der Waals surface area contributed by atoms with Crippen molar-refractivity contribution >= 4 is 11.7 Å². The monoisotopic (exact) mass is 261 g/mol. The fraction of sp³-hybridized carbons (Fsp3) is 0.250. The van der Waals surface area contributed by atoms with Gasteiger partial charge < -0.3 is 15.0 Å². The molecule has 2 N–H and O–H groups in total. The fourth-order valence-electron chi connectivity index (χ4n) is 1.52. The summed E-state index contributed by atoms with van der Waals surface area (Å²) < 4.78 is 5.09. The molecule has 0 aliphatic heterocycles. The molecule has 7 nitrogen and oxygen atoms in total. The summed E-state index contributed by atoms with van der Waals surface area (Å²) in [6, 6.07) is 6.94. The predicted octanol–water partition coefficient (Wildman–Crippen LogP) is 1.48. The quantitative estimate of drug-likeness (QED) is 0.873. The molecule has 0 aliphatic rings. The second-order valence-corrected chi connectivity index (χ2v) is 3.95. The lowest BCUT2D eigenvalue weighted by Gasteiger charge is -2.16. The van der Waals surface area contributed by atoms with Crippen LogP contribution in [-0.4, -0.2) is 40.3 Å². The summed E-state index contributed by atoms with van der Waals surface area (Å²) in [6.45, 7) is 0.357. The zero-order valence-electron chi connectivity index (χ0n) is 10.8. The Hall–Kier alpha value is -2.57. The Kier molecular flexibility index (Phi) is 3.97. The molecule has 0 atom stereocenters. The van der Waals surface area contributed by atoms with Crippen LogP contribution in [0.15, 0.2) is 30.6 Å². The van der Waals surface area contributed by atoms with Crippen LogP contribution in [0.1, 0.15) is 5.82 Å². The summed E-state index contributed by atoms with van der Waals surface area (Å²) in [7, 11) is 3.26. The number of hydrogen-bond donors (Lipinski definition) is 2. The van der Waals surface area contributed by atoms with E-state index in [1.165, 1.54) is 11.2 Å². The largest absolute Gasteiger partial charge is 0.497 e. The van der Waals surface area contributed by atoms with E-state index in [0.717, 1.165) is 0 Å². The van der Waals surface area contributed by atoms with Crippen LogP contribution in [-0.2, 0) is 6.54 Å². The number of carbonyl (C=O) groups is 1. The van der Waals surface area contributed by atoms with Crippen LogP contribution in [0, 0.1) is 0 Å². The number of aromatic nitrogens is 3. The molecule has 1 aromatic heterocycles. The van der Waals surface area contributed by atoms with Crippen molar-refractivity contribution < 1.29 is 9.53 Å². The Balaban J connectivity index is 1.96. The third kappa shape index (κ3) is 3.44. The average molecular weight is 261 g/mol. The number of rotatable bonds is 4. The highest BCUT2D eigenvalue weighted by molar-refractivity contribution is 5.89. The zero-order valence-corrected chi connectivity index (χ0v) is 10.8. The van der Waals surface area contributed by atoms with Crippen LogP contribution in [0.3, 0.4) is 0 Å². The third-order valence-corrected chi connectivity index (χ3v) is 2.52. The number of H-pyrrole nitrogens is 1. The molecule has 0 fully saturated rings. The number of aromatic amines is 1. The summed E-state index contributed by atoms with van der Waals surface area (Å²) >= 11 is 0. The number of carbonyl (C=O) groups excluding carboxylic acids is 1. The van der Waals surface area contributed by atoms with Crippen LogP contribution >= 0.6 is 0 Å². The van der Waals surface area contributed by atoms with Gasteiger partial charge in [0.1, 0.15) is 17.9 Å². The molecule has 0 bridgehead atoms. The minimum Gasteiger partial charge on any atom is -0.497 e. The van der Waals surface area contributed by atoms with Crippen molar-refractivity contribution in [3.8, 4) is 5.75 Å². The zero-order chi connectivity index (χ0) is 13.7. The van der Waals surface area contributed by atoms with Gasteiger partial charge in [-0.1, -0.05) is 6.07 Å². The Morgan fingerprint density at radius 1 is 1.53 bits per heavy atom. The van der Waals surface area contributed by atoms with Gasteiger partial charge in [0.2, 0.25) is 0 Å². The van der Waals surface area contributed by atoms with E-state index < -0.39 is 0 Å². The molecule has 0 saturated carbocycles. The number of anilines is 1. The normalized spacial score (nSPS) is 10.0. The lowest BCUT2D eigenvalue weighted by atomic mass is 10.3. The molecule has 0 aliphatic carbocycles. The van der Waals surface area contributed by atoms with Crippen molar-refractivity contribution in [3.63, 3.8) is 0 Å². The molecule has 0 saturated heterocycles. The van der Waals surface area contributed by atoms with E-state index in [1.807, 2.05) is 12.1 Å². The lowest BCUT2D eigenvalue weighted by molar-refractivity contribution is 0.219. The third-order valence-electron chi connectivity index (χ3n) is 2.52. The fourth-order valence-corrected chi connectivity index (χ4v) is 1.52. The minimum atomic E-state index is -0.232. The molecular weight excluding hydrogens is 246 g/mol. The number of ether oxygens (including phenoxy) is 1. The van der Waals surface area contributed by atoms with E-state index in [0.29, 0.717) is 23.8 Å². The predicted molar refractivity (Wildman–Crippen MR) is 69.9 cm³/mol. The van der Waals surface area contributed by atoms with Crippen LogP contribution in [0.4, 0.5) is 10.5 Å². The van der Waals surface area contributed by atoms with Gasteiger partial charge in [-0.2, -0.15) is 5.10 Å². The van der Waals surface area contributed by atoms with Gasteiger partial charge in [-0.3, -0.25) is 5.10 Å². The maximum atomic E-state index is 12.0. The van der Waals surface area contributed by atoms with Crippen LogP contribution < -0.4 is 10.1 Å². The van der Waals surface area contributed by atoms with Crippen molar-refractivity contribution in [3.05, 3.63) is 36.4 Å². The van der Waals surface area contributed by atoms with Crippen molar-refractivity contribution in [1.82, 2.24) is 20.1 Å². The number of benzene rings is 1. The first-order valence-corrected chi connectivity index (χ1v) is 5.69. The van der Waals surface area contributed by atoms with Crippen molar-refractivity contribution in [2.45, 2.75) is 6.54 Å². The van der Waals surface area contributed by atoms with Crippen LogP contribution in [0.2, 0.25) is 0 Å². The molecule has 1 aromatic carbocycles. The second-order valence-electron chi connectivity index (χ2n) is 3.95. The van der Waals surface area contributed by atoms with E-state index in [4.69, 9.17) is 4.74 Å². The van der Waals surface area contributed by atoms with E-state index in [1.54, 1.807) is 26.3 Å². The Morgan fingerprint density at radius 2 is 2.37 bits per heavy atom. The molecule has 100 valence electrons. The topological polar surface area (TPSA) is 83.1 Å². The van der Waals surface area contributed by atoms with Gasteiger partial charge in [-0.05, 0) is 12.1 Å². The maximum Gasteiger partial charge on any atom is 0.321 e. The number of urea groups is 1. The van der Waals surface area contributed by atoms with Gasteiger partial charge in [0.15, 0.2) is 0 Å². The summed E-state index contributed by atoms with van der Waals surface area (Å²) in [6.07, 6.45) is 1.41. The van der Waals surface area contributed by atoms with Crippen molar-refractivity contribution in [2.75, 3.05) is 19.5 Å². The summed E-state index contributed by atoms with van der Waals surface area (Å²) in [5.74, 6) is 1.32. The maximum absolute atomic E-state index is 12.0. The van der Waals surface area contributed by atoms with Gasteiger partial charge in [0, 0.05) is 18.8 Å². The number of methoxy groups -OCH3 is 1. The number of amides is 2. The van der Waals surface area contributed by atoms with Gasteiger partial charge in [-0.25, -0.2) is 9.78 Å². The van der Waals surface area contributed by atoms with Gasteiger partial charge in [0.05, 0.1) is 13.7 Å². The van der Waals surface area contributed by atoms with E-state index in [2.05, 4.69) is 20.5 Å². The SMILES string of the molecule is COc1cccc(NC(=O)N(C)Cc2ncn[nH]2)c1. The molecule has 2 amide bonds. The smallest absolute Gasteiger partial charge is 0.321 e. The van der Waals surface area contributed by atoms with Crippen molar-refractivity contribution in [1.29, 1.82) is 0 Å². The first-order valence-electron chi connectivity index (χ1n) is 5.69. The molecule has 2 rings (SSSR count). The van der Waals surface area contributed by atoms with Gasteiger partial charge in [-0.15, -0.1) is 0 Å². The second kappa shape index (κ2) is 5.85. The minimum absolute atomic E-state index is 0.232. The molecule has 0 unspecified atom stereocenters. The van der Waals surface area contributed by atoms with Crippen molar-refractivity contribution in [2.24, 2.45) is 0 Å². The summed E-state index contributed by atoms with van der Waals surface area (Å²) in [4.78, 5) is 17.4. The van der Waals surface area contributed by atoms with Gasteiger partial charge in [0.25, 0.3) is 0 Å². The average Bonchev–Trinajstić information content (AvgIpc) is 2.91. The number of hydrogen-bond acceptors (Lipinski definition) is 4. The highest BCUT2D eigenvalue weighted by atomic mass is 16.5. The molecule has 19 heavy (non-hydrogen) atoms. The Bertz CT molecular complexity index is 541. The number of nitrogens with zero attached hydrogens (tertiary/aromatic N) is 3. The van der Waals surface area contributed by atoms with E-state index in [-0.39, 0.29) is 6.03 Å². The lowest BCUT2D eigenvalue weighted by Crippen LogP contribution is -2.31. The Morgan fingerprint density at radius 3 is 3.05 bits per heavy atom. The van der Waals surface area contributed by atoms with E-state index in [9.17, 15) is 4.79 Å². The van der Waals surface area contributed by atoms with Crippen LogP contribution in [0.5, 0.6) is 5.75 Å². The first kappa shape index (κ1) is 12.9.